The highest BCUT2D eigenvalue weighted by molar-refractivity contribution is 5.88. The number of carboxylic acid groups (broad SMARTS) is 1. The second-order valence-corrected chi connectivity index (χ2v) is 8.95. The molecule has 0 radical (unpaired) electrons. The maximum absolute atomic E-state index is 12.9. The SMILES string of the molecule is CC1CCCN(c2ccccc2C(c2ccccc2)C(C(N)=O)c2ccc(C(=O)O)cc2)C1. The fourth-order valence-corrected chi connectivity index (χ4v) is 5.01. The molecule has 170 valence electrons. The summed E-state index contributed by atoms with van der Waals surface area (Å²) in [5.74, 6) is -1.76. The van der Waals surface area contributed by atoms with Crippen LogP contribution < -0.4 is 10.6 Å². The standard InChI is InChI=1S/C28H30N2O3/c1-19-8-7-17-30(18-19)24-12-6-5-11-23(24)25(20-9-3-2-4-10-20)26(27(29)31)21-13-15-22(16-14-21)28(32)33/h2-6,9-16,19,25-26H,7-8,17-18H2,1H3,(H2,29,31)(H,32,33). The van der Waals surface area contributed by atoms with Gasteiger partial charge in [0.1, 0.15) is 0 Å². The lowest BCUT2D eigenvalue weighted by atomic mass is 9.75. The summed E-state index contributed by atoms with van der Waals surface area (Å²) in [6.07, 6.45) is 2.36. The van der Waals surface area contributed by atoms with Crippen LogP contribution in [0.15, 0.2) is 78.9 Å². The van der Waals surface area contributed by atoms with Gasteiger partial charge < -0.3 is 15.7 Å². The van der Waals surface area contributed by atoms with Gasteiger partial charge >= 0.3 is 5.97 Å². The average molecular weight is 443 g/mol. The Morgan fingerprint density at radius 2 is 1.61 bits per heavy atom. The number of anilines is 1. The molecule has 3 aromatic rings. The molecule has 1 amide bonds. The zero-order valence-corrected chi connectivity index (χ0v) is 18.9. The number of piperidine rings is 1. The number of rotatable bonds is 7. The van der Waals surface area contributed by atoms with E-state index in [2.05, 4.69) is 24.0 Å². The number of amides is 1. The van der Waals surface area contributed by atoms with Gasteiger partial charge in [-0.2, -0.15) is 0 Å². The van der Waals surface area contributed by atoms with Gasteiger partial charge in [-0.25, -0.2) is 4.79 Å². The van der Waals surface area contributed by atoms with Crippen molar-refractivity contribution in [1.29, 1.82) is 0 Å². The summed E-state index contributed by atoms with van der Waals surface area (Å²) < 4.78 is 0. The molecule has 0 saturated carbocycles. The molecular weight excluding hydrogens is 412 g/mol. The number of carbonyl (C=O) groups excluding carboxylic acids is 1. The number of para-hydroxylation sites is 1. The third-order valence-electron chi connectivity index (χ3n) is 6.58. The molecule has 1 fully saturated rings. The molecule has 5 nitrogen and oxygen atoms in total. The number of hydrogen-bond donors (Lipinski definition) is 2. The minimum atomic E-state index is -0.999. The summed E-state index contributed by atoms with van der Waals surface area (Å²) in [6, 6.07) is 24.7. The molecule has 0 aliphatic carbocycles. The van der Waals surface area contributed by atoms with Crippen molar-refractivity contribution in [2.24, 2.45) is 11.7 Å². The van der Waals surface area contributed by atoms with Crippen LogP contribution in [0.3, 0.4) is 0 Å². The van der Waals surface area contributed by atoms with Crippen LogP contribution in [0.5, 0.6) is 0 Å². The van der Waals surface area contributed by atoms with E-state index in [1.165, 1.54) is 18.6 Å². The lowest BCUT2D eigenvalue weighted by molar-refractivity contribution is -0.119. The maximum Gasteiger partial charge on any atom is 0.335 e. The van der Waals surface area contributed by atoms with E-state index in [1.54, 1.807) is 12.1 Å². The van der Waals surface area contributed by atoms with Crippen LogP contribution in [0.2, 0.25) is 0 Å². The van der Waals surface area contributed by atoms with Crippen LogP contribution in [-0.2, 0) is 4.79 Å². The van der Waals surface area contributed by atoms with Gasteiger partial charge in [0.15, 0.2) is 0 Å². The molecule has 1 saturated heterocycles. The van der Waals surface area contributed by atoms with Gasteiger partial charge in [-0.15, -0.1) is 0 Å². The minimum absolute atomic E-state index is 0.181. The van der Waals surface area contributed by atoms with E-state index in [9.17, 15) is 14.7 Å². The van der Waals surface area contributed by atoms with Crippen molar-refractivity contribution in [2.45, 2.75) is 31.6 Å². The van der Waals surface area contributed by atoms with E-state index in [0.717, 1.165) is 36.3 Å². The Hall–Kier alpha value is -3.60. The molecule has 5 heteroatoms. The topological polar surface area (TPSA) is 83.6 Å². The predicted octanol–water partition coefficient (Wildman–Crippen LogP) is 5.02. The highest BCUT2D eigenvalue weighted by atomic mass is 16.4. The zero-order valence-electron chi connectivity index (χ0n) is 18.9. The fourth-order valence-electron chi connectivity index (χ4n) is 5.01. The van der Waals surface area contributed by atoms with Gasteiger partial charge in [0.25, 0.3) is 0 Å². The van der Waals surface area contributed by atoms with Crippen LogP contribution in [0.4, 0.5) is 5.69 Å². The highest BCUT2D eigenvalue weighted by Gasteiger charge is 2.34. The summed E-state index contributed by atoms with van der Waals surface area (Å²) in [6.45, 7) is 4.24. The van der Waals surface area contributed by atoms with Crippen LogP contribution in [-0.4, -0.2) is 30.1 Å². The summed E-state index contributed by atoms with van der Waals surface area (Å²) in [7, 11) is 0. The summed E-state index contributed by atoms with van der Waals surface area (Å²) in [5.41, 5.74) is 10.1. The molecule has 4 rings (SSSR count). The van der Waals surface area contributed by atoms with Crippen molar-refractivity contribution in [3.8, 4) is 0 Å². The average Bonchev–Trinajstić information content (AvgIpc) is 2.83. The van der Waals surface area contributed by atoms with Crippen LogP contribution in [0, 0.1) is 5.92 Å². The van der Waals surface area contributed by atoms with Crippen molar-refractivity contribution >= 4 is 17.6 Å². The van der Waals surface area contributed by atoms with Crippen LogP contribution in [0.1, 0.15) is 58.6 Å². The molecule has 1 aliphatic rings. The largest absolute Gasteiger partial charge is 0.478 e. The summed E-state index contributed by atoms with van der Waals surface area (Å²) in [4.78, 5) is 26.7. The first-order chi connectivity index (χ1) is 16.0. The Labute approximate surface area is 194 Å². The number of carboxylic acids is 1. The number of nitrogens with zero attached hydrogens (tertiary/aromatic N) is 1. The quantitative estimate of drug-likeness (QED) is 0.538. The first kappa shape index (κ1) is 22.6. The normalized spacial score (nSPS) is 17.8. The number of benzene rings is 3. The number of aromatic carboxylic acids is 1. The molecular formula is C28H30N2O3. The molecule has 33 heavy (non-hydrogen) atoms. The molecule has 0 spiro atoms. The Morgan fingerprint density at radius 1 is 0.939 bits per heavy atom. The molecule has 1 aliphatic heterocycles. The summed E-state index contributed by atoms with van der Waals surface area (Å²) >= 11 is 0. The molecule has 3 N–H and O–H groups in total. The van der Waals surface area contributed by atoms with Crippen LogP contribution >= 0.6 is 0 Å². The minimum Gasteiger partial charge on any atom is -0.478 e. The maximum atomic E-state index is 12.9. The Bertz CT molecular complexity index is 1110. The molecule has 1 heterocycles. The van der Waals surface area contributed by atoms with E-state index in [4.69, 9.17) is 5.73 Å². The van der Waals surface area contributed by atoms with Crippen molar-refractivity contribution in [1.82, 2.24) is 0 Å². The lowest BCUT2D eigenvalue weighted by Crippen LogP contribution is -2.36. The first-order valence-electron chi connectivity index (χ1n) is 11.5. The van der Waals surface area contributed by atoms with Gasteiger partial charge in [0, 0.05) is 24.7 Å². The Balaban J connectivity index is 1.86. The van der Waals surface area contributed by atoms with Gasteiger partial charge in [-0.05, 0) is 53.6 Å². The third kappa shape index (κ3) is 4.92. The number of nitrogens with two attached hydrogens (primary N) is 1. The predicted molar refractivity (Wildman–Crippen MR) is 131 cm³/mol. The molecule has 0 bridgehead atoms. The fraction of sp³-hybridized carbons (Fsp3) is 0.286. The Kier molecular flexibility index (Phi) is 6.78. The molecule has 3 aromatic carbocycles. The highest BCUT2D eigenvalue weighted by Crippen LogP contribution is 2.43. The van der Waals surface area contributed by atoms with E-state index in [1.807, 2.05) is 42.5 Å². The van der Waals surface area contributed by atoms with E-state index >= 15 is 0 Å². The van der Waals surface area contributed by atoms with E-state index in [0.29, 0.717) is 11.5 Å². The second kappa shape index (κ2) is 9.90. The monoisotopic (exact) mass is 442 g/mol. The smallest absolute Gasteiger partial charge is 0.335 e. The van der Waals surface area contributed by atoms with Crippen molar-refractivity contribution in [2.75, 3.05) is 18.0 Å². The lowest BCUT2D eigenvalue weighted by Gasteiger charge is -2.36. The zero-order chi connectivity index (χ0) is 23.4. The van der Waals surface area contributed by atoms with Gasteiger partial charge in [-0.1, -0.05) is 67.6 Å². The second-order valence-electron chi connectivity index (χ2n) is 8.95. The third-order valence-corrected chi connectivity index (χ3v) is 6.58. The summed E-state index contributed by atoms with van der Waals surface area (Å²) in [5, 5.41) is 9.29. The van der Waals surface area contributed by atoms with Gasteiger partial charge in [0.2, 0.25) is 5.91 Å². The van der Waals surface area contributed by atoms with E-state index < -0.39 is 17.8 Å². The molecule has 3 atom stereocenters. The number of primary amides is 1. The van der Waals surface area contributed by atoms with Crippen molar-refractivity contribution < 1.29 is 14.7 Å². The van der Waals surface area contributed by atoms with E-state index in [-0.39, 0.29) is 11.5 Å². The van der Waals surface area contributed by atoms with Gasteiger partial charge in [-0.3, -0.25) is 4.79 Å². The van der Waals surface area contributed by atoms with Crippen LogP contribution in [0.25, 0.3) is 0 Å². The Morgan fingerprint density at radius 3 is 2.24 bits per heavy atom. The first-order valence-corrected chi connectivity index (χ1v) is 11.5. The molecule has 0 aromatic heterocycles. The van der Waals surface area contributed by atoms with Crippen molar-refractivity contribution in [3.05, 3.63) is 101 Å². The number of hydrogen-bond acceptors (Lipinski definition) is 3. The number of carbonyl (C=O) groups is 2. The van der Waals surface area contributed by atoms with Gasteiger partial charge in [0.05, 0.1) is 11.5 Å². The molecule has 3 unspecified atom stereocenters. The van der Waals surface area contributed by atoms with Crippen molar-refractivity contribution in [3.63, 3.8) is 0 Å².